The molecular formula is C13H22N2O. The van der Waals surface area contributed by atoms with E-state index in [1.807, 2.05) is 0 Å². The van der Waals surface area contributed by atoms with Gasteiger partial charge in [0, 0.05) is 39.0 Å². The van der Waals surface area contributed by atoms with E-state index in [4.69, 9.17) is 10.5 Å². The molecular weight excluding hydrogens is 200 g/mol. The van der Waals surface area contributed by atoms with E-state index < -0.39 is 0 Å². The molecule has 0 bridgehead atoms. The highest BCUT2D eigenvalue weighted by Crippen LogP contribution is 2.13. The van der Waals surface area contributed by atoms with Crippen LogP contribution in [0.5, 0.6) is 0 Å². The zero-order valence-corrected chi connectivity index (χ0v) is 10.4. The van der Waals surface area contributed by atoms with E-state index in [0.29, 0.717) is 0 Å². The Balaban J connectivity index is 2.45. The molecule has 0 aliphatic heterocycles. The molecule has 1 aromatic rings. The molecule has 1 unspecified atom stereocenters. The monoisotopic (exact) mass is 222 g/mol. The van der Waals surface area contributed by atoms with Gasteiger partial charge in [-0.1, -0.05) is 17.7 Å². The van der Waals surface area contributed by atoms with Gasteiger partial charge in [0.1, 0.15) is 0 Å². The van der Waals surface area contributed by atoms with Gasteiger partial charge in [-0.05, 0) is 25.5 Å². The number of benzene rings is 1. The van der Waals surface area contributed by atoms with Gasteiger partial charge in [-0.3, -0.25) is 0 Å². The summed E-state index contributed by atoms with van der Waals surface area (Å²) in [5.41, 5.74) is 8.49. The van der Waals surface area contributed by atoms with Gasteiger partial charge in [0.15, 0.2) is 0 Å². The molecule has 0 saturated heterocycles. The molecule has 0 amide bonds. The van der Waals surface area contributed by atoms with Gasteiger partial charge in [0.25, 0.3) is 0 Å². The lowest BCUT2D eigenvalue weighted by Gasteiger charge is -2.23. The molecule has 3 nitrogen and oxygen atoms in total. The van der Waals surface area contributed by atoms with Gasteiger partial charge < -0.3 is 15.4 Å². The van der Waals surface area contributed by atoms with Crippen LogP contribution in [0, 0.1) is 6.92 Å². The summed E-state index contributed by atoms with van der Waals surface area (Å²) in [5, 5.41) is 0. The smallest absolute Gasteiger partial charge is 0.0477 e. The first kappa shape index (κ1) is 13.0. The Labute approximate surface area is 98.2 Å². The Morgan fingerprint density at radius 2 is 1.94 bits per heavy atom. The maximum Gasteiger partial charge on any atom is 0.0477 e. The molecule has 90 valence electrons. The number of likely N-dealkylation sites (N-methyl/N-ethyl adjacent to an activating group) is 1. The van der Waals surface area contributed by atoms with Crippen molar-refractivity contribution in [2.75, 3.05) is 32.2 Å². The van der Waals surface area contributed by atoms with Crippen LogP contribution in [-0.4, -0.2) is 33.4 Å². The topological polar surface area (TPSA) is 38.5 Å². The standard InChI is InChI=1S/C13H22N2O/c1-11-4-6-13(7-5-11)15(2)10-12(14)8-9-16-3/h4-7,12H,8-10,14H2,1-3H3. The normalized spacial score (nSPS) is 12.5. The summed E-state index contributed by atoms with van der Waals surface area (Å²) in [6.07, 6.45) is 0.896. The van der Waals surface area contributed by atoms with Gasteiger partial charge in [0.05, 0.1) is 0 Å². The highest BCUT2D eigenvalue weighted by Gasteiger charge is 2.07. The third kappa shape index (κ3) is 4.21. The van der Waals surface area contributed by atoms with Gasteiger partial charge in [-0.15, -0.1) is 0 Å². The van der Waals surface area contributed by atoms with E-state index in [0.717, 1.165) is 19.6 Å². The van der Waals surface area contributed by atoms with Crippen LogP contribution in [0.1, 0.15) is 12.0 Å². The molecule has 0 saturated carbocycles. The van der Waals surface area contributed by atoms with E-state index in [1.165, 1.54) is 11.3 Å². The van der Waals surface area contributed by atoms with Crippen LogP contribution < -0.4 is 10.6 Å². The summed E-state index contributed by atoms with van der Waals surface area (Å²) in [6.45, 7) is 3.67. The summed E-state index contributed by atoms with van der Waals surface area (Å²) in [5.74, 6) is 0. The molecule has 0 heterocycles. The Kier molecular flexibility index (Phi) is 5.29. The highest BCUT2D eigenvalue weighted by molar-refractivity contribution is 5.46. The van der Waals surface area contributed by atoms with Gasteiger partial charge in [0.2, 0.25) is 0 Å². The lowest BCUT2D eigenvalue weighted by atomic mass is 10.2. The molecule has 2 N–H and O–H groups in total. The van der Waals surface area contributed by atoms with Crippen molar-refractivity contribution >= 4 is 5.69 Å². The minimum atomic E-state index is 0.159. The first-order valence-corrected chi connectivity index (χ1v) is 5.66. The average Bonchev–Trinajstić information content (AvgIpc) is 2.27. The molecule has 0 fully saturated rings. The highest BCUT2D eigenvalue weighted by atomic mass is 16.5. The first-order chi connectivity index (χ1) is 7.63. The maximum atomic E-state index is 6.01. The number of hydrogen-bond donors (Lipinski definition) is 1. The molecule has 3 heteroatoms. The number of aryl methyl sites for hydroxylation is 1. The first-order valence-electron chi connectivity index (χ1n) is 5.66. The fourth-order valence-electron chi connectivity index (χ4n) is 1.62. The van der Waals surface area contributed by atoms with Gasteiger partial charge >= 0.3 is 0 Å². The third-order valence-electron chi connectivity index (χ3n) is 2.68. The zero-order valence-electron chi connectivity index (χ0n) is 10.4. The second-order valence-corrected chi connectivity index (χ2v) is 4.26. The van der Waals surface area contributed by atoms with E-state index >= 15 is 0 Å². The van der Waals surface area contributed by atoms with Crippen LogP contribution in [0.15, 0.2) is 24.3 Å². The van der Waals surface area contributed by atoms with Crippen LogP contribution in [0.25, 0.3) is 0 Å². The fourth-order valence-corrected chi connectivity index (χ4v) is 1.62. The predicted molar refractivity (Wildman–Crippen MR) is 68.9 cm³/mol. The summed E-state index contributed by atoms with van der Waals surface area (Å²) >= 11 is 0. The van der Waals surface area contributed by atoms with E-state index in [9.17, 15) is 0 Å². The second kappa shape index (κ2) is 6.51. The number of anilines is 1. The number of hydrogen-bond acceptors (Lipinski definition) is 3. The summed E-state index contributed by atoms with van der Waals surface area (Å²) in [7, 11) is 3.77. The Bertz CT molecular complexity index is 297. The van der Waals surface area contributed by atoms with Crippen LogP contribution >= 0.6 is 0 Å². The maximum absolute atomic E-state index is 6.01. The Morgan fingerprint density at radius 1 is 1.31 bits per heavy atom. The predicted octanol–water partition coefficient (Wildman–Crippen LogP) is 1.80. The average molecular weight is 222 g/mol. The third-order valence-corrected chi connectivity index (χ3v) is 2.68. The van der Waals surface area contributed by atoms with Crippen molar-refractivity contribution in [3.05, 3.63) is 29.8 Å². The summed E-state index contributed by atoms with van der Waals surface area (Å²) < 4.78 is 5.02. The second-order valence-electron chi connectivity index (χ2n) is 4.26. The minimum Gasteiger partial charge on any atom is -0.385 e. The Morgan fingerprint density at radius 3 is 2.50 bits per heavy atom. The molecule has 1 atom stereocenters. The molecule has 0 aliphatic carbocycles. The molecule has 1 rings (SSSR count). The zero-order chi connectivity index (χ0) is 12.0. The molecule has 1 aromatic carbocycles. The molecule has 16 heavy (non-hydrogen) atoms. The lowest BCUT2D eigenvalue weighted by Crippen LogP contribution is -2.36. The van der Waals surface area contributed by atoms with Crippen molar-refractivity contribution in [3.63, 3.8) is 0 Å². The van der Waals surface area contributed by atoms with Crippen LogP contribution in [0.3, 0.4) is 0 Å². The van der Waals surface area contributed by atoms with Crippen molar-refractivity contribution in [1.82, 2.24) is 0 Å². The number of ether oxygens (including phenoxy) is 1. The minimum absolute atomic E-state index is 0.159. The summed E-state index contributed by atoms with van der Waals surface area (Å²) in [6, 6.07) is 8.64. The Hall–Kier alpha value is -1.06. The van der Waals surface area contributed by atoms with E-state index in [-0.39, 0.29) is 6.04 Å². The van der Waals surface area contributed by atoms with Crippen LogP contribution in [0.4, 0.5) is 5.69 Å². The number of nitrogens with zero attached hydrogens (tertiary/aromatic N) is 1. The van der Waals surface area contributed by atoms with Gasteiger partial charge in [-0.2, -0.15) is 0 Å². The number of rotatable bonds is 6. The molecule has 0 radical (unpaired) electrons. The molecule has 0 aliphatic rings. The van der Waals surface area contributed by atoms with Crippen molar-refractivity contribution in [2.24, 2.45) is 5.73 Å². The quantitative estimate of drug-likeness (QED) is 0.797. The number of methoxy groups -OCH3 is 1. The van der Waals surface area contributed by atoms with Gasteiger partial charge in [-0.25, -0.2) is 0 Å². The number of nitrogens with two attached hydrogens (primary N) is 1. The van der Waals surface area contributed by atoms with Crippen LogP contribution in [0.2, 0.25) is 0 Å². The van der Waals surface area contributed by atoms with Crippen molar-refractivity contribution in [3.8, 4) is 0 Å². The van der Waals surface area contributed by atoms with E-state index in [2.05, 4.69) is 43.1 Å². The molecule has 0 spiro atoms. The van der Waals surface area contributed by atoms with Crippen molar-refractivity contribution < 1.29 is 4.74 Å². The lowest BCUT2D eigenvalue weighted by molar-refractivity contribution is 0.188. The van der Waals surface area contributed by atoms with Crippen LogP contribution in [-0.2, 0) is 4.74 Å². The van der Waals surface area contributed by atoms with E-state index in [1.54, 1.807) is 7.11 Å². The van der Waals surface area contributed by atoms with Crippen molar-refractivity contribution in [1.29, 1.82) is 0 Å². The SMILES string of the molecule is COCCC(N)CN(C)c1ccc(C)cc1. The fraction of sp³-hybridized carbons (Fsp3) is 0.538. The largest absolute Gasteiger partial charge is 0.385 e. The summed E-state index contributed by atoms with van der Waals surface area (Å²) in [4.78, 5) is 2.18. The van der Waals surface area contributed by atoms with Crippen molar-refractivity contribution in [2.45, 2.75) is 19.4 Å². The molecule has 0 aromatic heterocycles.